The summed E-state index contributed by atoms with van der Waals surface area (Å²) >= 11 is -3.65. The molecule has 0 fully saturated rings. The van der Waals surface area contributed by atoms with Crippen molar-refractivity contribution in [2.75, 3.05) is 0 Å². The fourth-order valence-corrected chi connectivity index (χ4v) is 21.6. The second kappa shape index (κ2) is 12.8. The third-order valence-electron chi connectivity index (χ3n) is 13.0. The predicted octanol–water partition coefficient (Wildman–Crippen LogP) is 10.6. The second-order valence-corrected chi connectivity index (χ2v) is 24.2. The molecule has 278 valence electrons. The van der Waals surface area contributed by atoms with Gasteiger partial charge in [-0.2, -0.15) is 0 Å². The van der Waals surface area contributed by atoms with Gasteiger partial charge in [0.25, 0.3) is 0 Å². The van der Waals surface area contributed by atoms with Crippen LogP contribution < -0.4 is 17.6 Å². The van der Waals surface area contributed by atoms with Crippen molar-refractivity contribution in [2.24, 2.45) is 0 Å². The summed E-state index contributed by atoms with van der Waals surface area (Å²) < 4.78 is 7.91. The van der Waals surface area contributed by atoms with E-state index in [0.717, 1.165) is 34.0 Å². The molecule has 12 rings (SSSR count). The quantitative estimate of drug-likeness (QED) is 0.162. The van der Waals surface area contributed by atoms with Gasteiger partial charge in [-0.05, 0) is 11.1 Å². The molecule has 10 aromatic rings. The molecule has 0 N–H and O–H groups in total. The molecule has 59 heavy (non-hydrogen) atoms. The van der Waals surface area contributed by atoms with E-state index in [1.165, 1.54) is 67.2 Å². The summed E-state index contributed by atoms with van der Waals surface area (Å²) in [4.78, 5) is 11.3. The van der Waals surface area contributed by atoms with Crippen LogP contribution in [0.2, 0.25) is 0 Å². The molecule has 0 bridgehead atoms. The third-order valence-corrected chi connectivity index (χ3v) is 23.3. The Labute approximate surface area is 346 Å². The Morgan fingerprint density at radius 2 is 1.08 bits per heavy atom. The average molecular weight is 815 g/mol. The fraction of sp³-hybridized carbons (Fsp3) is 0.0545. The first kappa shape index (κ1) is 34.2. The number of rotatable bonds is 5. The summed E-state index contributed by atoms with van der Waals surface area (Å²) in [5.74, 6) is 0.733. The minimum atomic E-state index is -3.65. The van der Waals surface area contributed by atoms with Gasteiger partial charge in [-0.3, -0.25) is 0 Å². The molecule has 0 saturated carbocycles. The molecule has 2 aromatic heterocycles. The van der Waals surface area contributed by atoms with E-state index in [4.69, 9.17) is 9.97 Å². The van der Waals surface area contributed by atoms with Gasteiger partial charge in [0, 0.05) is 0 Å². The maximum absolute atomic E-state index is 5.68. The van der Waals surface area contributed by atoms with Gasteiger partial charge in [-0.25, -0.2) is 0 Å². The van der Waals surface area contributed by atoms with E-state index in [1.807, 2.05) is 0 Å². The van der Waals surface area contributed by atoms with E-state index in [1.54, 1.807) is 0 Å². The summed E-state index contributed by atoms with van der Waals surface area (Å²) in [5.41, 5.74) is 14.2. The number of nitrogens with zero attached hydrogens (tertiary/aromatic N) is 3. The topological polar surface area (TPSA) is 30.7 Å². The SMILES string of the molecule is CC1(C)c2ccccc2-c2ccc3c(c21)c1ccccc1n3-c1cccc(-c2nc(-c3ccccc3)[c]3c(n2)-c2cccc[c]2[Ge]3([c]2ccccc2)[c]2ccccc2)c1. The fourth-order valence-electron chi connectivity index (χ4n) is 10.6. The normalized spacial score (nSPS) is 14.2. The first-order valence-electron chi connectivity index (χ1n) is 20.5. The van der Waals surface area contributed by atoms with E-state index < -0.39 is 13.3 Å². The van der Waals surface area contributed by atoms with Crippen LogP contribution in [0.15, 0.2) is 200 Å². The molecule has 0 radical (unpaired) electrons. The number of para-hydroxylation sites is 1. The van der Waals surface area contributed by atoms with Crippen LogP contribution in [-0.4, -0.2) is 27.8 Å². The molecule has 4 heteroatoms. The van der Waals surface area contributed by atoms with Crippen LogP contribution in [0, 0.1) is 0 Å². The second-order valence-electron chi connectivity index (χ2n) is 16.5. The summed E-state index contributed by atoms with van der Waals surface area (Å²) in [6.45, 7) is 4.76. The number of hydrogen-bond acceptors (Lipinski definition) is 2. The summed E-state index contributed by atoms with van der Waals surface area (Å²) in [5, 5.41) is 2.60. The number of hydrogen-bond donors (Lipinski definition) is 0. The average Bonchev–Trinajstić information content (AvgIpc) is 3.88. The van der Waals surface area contributed by atoms with Crippen LogP contribution in [0.1, 0.15) is 25.0 Å². The van der Waals surface area contributed by atoms with Crippen molar-refractivity contribution in [2.45, 2.75) is 19.3 Å². The Kier molecular flexibility index (Phi) is 7.45. The van der Waals surface area contributed by atoms with Gasteiger partial charge < -0.3 is 0 Å². The van der Waals surface area contributed by atoms with Crippen molar-refractivity contribution >= 4 is 52.7 Å². The van der Waals surface area contributed by atoms with Gasteiger partial charge >= 0.3 is 299 Å². The molecule has 0 amide bonds. The van der Waals surface area contributed by atoms with Gasteiger partial charge in [0.1, 0.15) is 0 Å². The minimum absolute atomic E-state index is 0.135. The standard InChI is InChI=1S/C55H39GeN3/c1-55(2)45-30-15-12-27-41(45)42-33-34-48-49(50(42)55)44-29-14-17-32-47(44)59(48)40-26-18-21-37(35-40)54-57-52(36-19-6-3-7-20-36)51-53(58-54)43-28-13-16-31-46(43)56(51,38-22-8-4-9-23-38)39-24-10-5-11-25-39/h3-35H,1-2H3. The zero-order valence-electron chi connectivity index (χ0n) is 32.9. The van der Waals surface area contributed by atoms with Crippen LogP contribution in [0.5, 0.6) is 0 Å². The Morgan fingerprint density at radius 1 is 0.475 bits per heavy atom. The van der Waals surface area contributed by atoms with E-state index in [-0.39, 0.29) is 5.41 Å². The first-order chi connectivity index (χ1) is 29.0. The van der Waals surface area contributed by atoms with Gasteiger partial charge in [-0.1, -0.05) is 38.1 Å². The molecule has 8 aromatic carbocycles. The Hall–Kier alpha value is -6.82. The predicted molar refractivity (Wildman–Crippen MR) is 247 cm³/mol. The zero-order valence-corrected chi connectivity index (χ0v) is 35.0. The summed E-state index contributed by atoms with van der Waals surface area (Å²) in [7, 11) is 0. The molecule has 0 unspecified atom stereocenters. The van der Waals surface area contributed by atoms with Gasteiger partial charge in [0.15, 0.2) is 0 Å². The van der Waals surface area contributed by atoms with Crippen LogP contribution in [0.4, 0.5) is 0 Å². The molecule has 2 aliphatic rings. The maximum atomic E-state index is 5.68. The van der Waals surface area contributed by atoms with Crippen LogP contribution in [0.25, 0.3) is 72.5 Å². The van der Waals surface area contributed by atoms with Crippen molar-refractivity contribution in [3.8, 4) is 50.7 Å². The number of fused-ring (bicyclic) bond motifs is 10. The molecule has 3 nitrogen and oxygen atoms in total. The number of benzene rings is 8. The van der Waals surface area contributed by atoms with Crippen molar-refractivity contribution < 1.29 is 0 Å². The molecular formula is C55H39GeN3. The van der Waals surface area contributed by atoms with Crippen molar-refractivity contribution in [1.29, 1.82) is 0 Å². The van der Waals surface area contributed by atoms with Crippen molar-refractivity contribution in [3.63, 3.8) is 0 Å². The molecular weight excluding hydrogens is 775 g/mol. The first-order valence-corrected chi connectivity index (χ1v) is 24.7. The molecule has 0 saturated heterocycles. The summed E-state index contributed by atoms with van der Waals surface area (Å²) in [6.07, 6.45) is 0. The van der Waals surface area contributed by atoms with E-state index >= 15 is 0 Å². The van der Waals surface area contributed by atoms with E-state index in [2.05, 4.69) is 219 Å². The summed E-state index contributed by atoms with van der Waals surface area (Å²) in [6, 6.07) is 73.5. The van der Waals surface area contributed by atoms with Crippen LogP contribution >= 0.6 is 0 Å². The molecule has 0 atom stereocenters. The van der Waals surface area contributed by atoms with Crippen molar-refractivity contribution in [1.82, 2.24) is 14.5 Å². The molecule has 3 heterocycles. The molecule has 1 aliphatic carbocycles. The Morgan fingerprint density at radius 3 is 1.85 bits per heavy atom. The molecule has 1 aliphatic heterocycles. The zero-order chi connectivity index (χ0) is 39.3. The van der Waals surface area contributed by atoms with Crippen molar-refractivity contribution in [3.05, 3.63) is 211 Å². The van der Waals surface area contributed by atoms with Crippen LogP contribution in [0.3, 0.4) is 0 Å². The Balaban J connectivity index is 1.12. The van der Waals surface area contributed by atoms with E-state index in [0.29, 0.717) is 0 Å². The van der Waals surface area contributed by atoms with E-state index in [9.17, 15) is 0 Å². The Bertz CT molecular complexity index is 3250. The molecule has 0 spiro atoms. The van der Waals surface area contributed by atoms with Gasteiger partial charge in [-0.15, -0.1) is 0 Å². The van der Waals surface area contributed by atoms with Gasteiger partial charge in [0.05, 0.1) is 0 Å². The monoisotopic (exact) mass is 815 g/mol. The van der Waals surface area contributed by atoms with Gasteiger partial charge in [0.2, 0.25) is 0 Å². The third kappa shape index (κ3) is 4.77. The number of aromatic nitrogens is 3. The van der Waals surface area contributed by atoms with Crippen LogP contribution in [-0.2, 0) is 5.41 Å².